The van der Waals surface area contributed by atoms with Gasteiger partial charge in [0.05, 0.1) is 0 Å². The number of hydrogen-bond acceptors (Lipinski definition) is 7. The van der Waals surface area contributed by atoms with Gasteiger partial charge in [-0.2, -0.15) is 5.10 Å². The van der Waals surface area contributed by atoms with Gasteiger partial charge >= 0.3 is 5.69 Å². The Balaban J connectivity index is 1.50. The Bertz CT molecular complexity index is 984. The smallest absolute Gasteiger partial charge is 0.329 e. The van der Waals surface area contributed by atoms with Crippen molar-refractivity contribution in [2.24, 2.45) is 7.05 Å². The third-order valence-electron chi connectivity index (χ3n) is 4.45. The van der Waals surface area contributed by atoms with Crippen LogP contribution in [-0.2, 0) is 7.05 Å². The number of nitrogens with one attached hydrogen (secondary N) is 1. The van der Waals surface area contributed by atoms with Crippen molar-refractivity contribution in [3.8, 4) is 5.82 Å². The predicted octanol–water partition coefficient (Wildman–Crippen LogP) is -0.624. The van der Waals surface area contributed by atoms with Crippen LogP contribution in [0.4, 0.5) is 11.6 Å². The van der Waals surface area contributed by atoms with Crippen LogP contribution < -0.4 is 21.0 Å². The van der Waals surface area contributed by atoms with Crippen LogP contribution in [0.25, 0.3) is 5.82 Å². The maximum Gasteiger partial charge on any atom is 0.329 e. The third-order valence-corrected chi connectivity index (χ3v) is 4.45. The number of aromatic amines is 1. The first-order chi connectivity index (χ1) is 12.6. The zero-order valence-corrected chi connectivity index (χ0v) is 14.2. The van der Waals surface area contributed by atoms with Gasteiger partial charge in [0.2, 0.25) is 0 Å². The standard InChI is InChI=1S/C16H18N8O2/c1-21-15(25)10-14(20-16(21)26)23-7-5-22(6-8-23)12-9-13(18-11-17-12)24-4-2-3-19-24/h2-4,9-11H,5-8H2,1H3,(H,20,26). The number of H-pyrrole nitrogens is 1. The van der Waals surface area contributed by atoms with Gasteiger partial charge in [0.1, 0.15) is 18.0 Å². The van der Waals surface area contributed by atoms with E-state index in [0.717, 1.165) is 10.4 Å². The van der Waals surface area contributed by atoms with E-state index in [1.807, 2.05) is 23.2 Å². The predicted molar refractivity (Wildman–Crippen MR) is 95.9 cm³/mol. The summed E-state index contributed by atoms with van der Waals surface area (Å²) in [5, 5.41) is 4.18. The number of aromatic nitrogens is 6. The van der Waals surface area contributed by atoms with Crippen molar-refractivity contribution in [1.82, 2.24) is 29.3 Å². The molecule has 1 aliphatic rings. The molecular weight excluding hydrogens is 336 g/mol. The molecule has 10 nitrogen and oxygen atoms in total. The number of rotatable bonds is 3. The molecule has 4 heterocycles. The highest BCUT2D eigenvalue weighted by molar-refractivity contribution is 5.46. The third kappa shape index (κ3) is 2.96. The molecule has 0 atom stereocenters. The van der Waals surface area contributed by atoms with Crippen molar-refractivity contribution in [2.45, 2.75) is 0 Å². The van der Waals surface area contributed by atoms with Gasteiger partial charge in [-0.3, -0.25) is 14.3 Å². The molecule has 3 aromatic rings. The lowest BCUT2D eigenvalue weighted by Gasteiger charge is -2.36. The monoisotopic (exact) mass is 354 g/mol. The molecule has 0 amide bonds. The molecule has 134 valence electrons. The first-order valence-corrected chi connectivity index (χ1v) is 8.24. The summed E-state index contributed by atoms with van der Waals surface area (Å²) in [5.74, 6) is 2.08. The molecule has 0 bridgehead atoms. The van der Waals surface area contributed by atoms with E-state index >= 15 is 0 Å². The number of hydrogen-bond donors (Lipinski definition) is 1. The van der Waals surface area contributed by atoms with Crippen LogP contribution in [0.5, 0.6) is 0 Å². The van der Waals surface area contributed by atoms with Gasteiger partial charge in [0, 0.05) is 57.8 Å². The van der Waals surface area contributed by atoms with Crippen molar-refractivity contribution in [3.63, 3.8) is 0 Å². The van der Waals surface area contributed by atoms with E-state index in [1.165, 1.54) is 19.4 Å². The molecule has 0 saturated carbocycles. The maximum absolute atomic E-state index is 11.8. The van der Waals surface area contributed by atoms with Gasteiger partial charge in [-0.15, -0.1) is 0 Å². The summed E-state index contributed by atoms with van der Waals surface area (Å²) in [7, 11) is 1.45. The Morgan fingerprint density at radius 3 is 2.42 bits per heavy atom. The van der Waals surface area contributed by atoms with E-state index in [1.54, 1.807) is 10.9 Å². The molecule has 0 aliphatic carbocycles. The van der Waals surface area contributed by atoms with Crippen LogP contribution in [0.15, 0.2) is 46.5 Å². The SMILES string of the molecule is Cn1c(=O)cc(N2CCN(c3cc(-n4cccn4)ncn3)CC2)[nH]c1=O. The largest absolute Gasteiger partial charge is 0.354 e. The maximum atomic E-state index is 11.8. The second-order valence-corrected chi connectivity index (χ2v) is 6.02. The molecule has 1 N–H and O–H groups in total. The van der Waals surface area contributed by atoms with E-state index in [4.69, 9.17) is 0 Å². The zero-order valence-electron chi connectivity index (χ0n) is 14.2. The van der Waals surface area contributed by atoms with E-state index in [-0.39, 0.29) is 5.56 Å². The topological polar surface area (TPSA) is 105 Å². The van der Waals surface area contributed by atoms with Gasteiger partial charge in [-0.05, 0) is 6.07 Å². The van der Waals surface area contributed by atoms with E-state index < -0.39 is 5.69 Å². The number of nitrogens with zero attached hydrogens (tertiary/aromatic N) is 7. The molecule has 0 unspecified atom stereocenters. The van der Waals surface area contributed by atoms with Gasteiger partial charge in [-0.25, -0.2) is 19.4 Å². The second kappa shape index (κ2) is 6.47. The van der Waals surface area contributed by atoms with Crippen LogP contribution in [0, 0.1) is 0 Å². The normalized spacial score (nSPS) is 14.7. The Morgan fingerprint density at radius 1 is 1.00 bits per heavy atom. The molecule has 0 radical (unpaired) electrons. The van der Waals surface area contributed by atoms with Crippen molar-refractivity contribution in [2.75, 3.05) is 36.0 Å². The van der Waals surface area contributed by atoms with Gasteiger partial charge < -0.3 is 9.80 Å². The van der Waals surface area contributed by atoms with Crippen LogP contribution in [0.1, 0.15) is 0 Å². The minimum atomic E-state index is -0.408. The lowest BCUT2D eigenvalue weighted by molar-refractivity contribution is 0.633. The lowest BCUT2D eigenvalue weighted by atomic mass is 10.3. The molecule has 1 fully saturated rings. The Hall–Kier alpha value is -3.43. The average molecular weight is 354 g/mol. The summed E-state index contributed by atoms with van der Waals surface area (Å²) in [6, 6.07) is 5.19. The van der Waals surface area contributed by atoms with E-state index in [0.29, 0.717) is 37.8 Å². The van der Waals surface area contributed by atoms with Gasteiger partial charge in [0.15, 0.2) is 5.82 Å². The molecule has 10 heteroatoms. The highest BCUT2D eigenvalue weighted by Gasteiger charge is 2.20. The Kier molecular flexibility index (Phi) is 3.99. The fraction of sp³-hybridized carbons (Fsp3) is 0.312. The Labute approximate surface area is 148 Å². The highest BCUT2D eigenvalue weighted by Crippen LogP contribution is 2.17. The van der Waals surface area contributed by atoms with Crippen LogP contribution in [0.3, 0.4) is 0 Å². The number of anilines is 2. The minimum Gasteiger partial charge on any atom is -0.354 e. The van der Waals surface area contributed by atoms with Crippen molar-refractivity contribution >= 4 is 11.6 Å². The van der Waals surface area contributed by atoms with Crippen LogP contribution in [0.2, 0.25) is 0 Å². The molecule has 3 aromatic heterocycles. The van der Waals surface area contributed by atoms with Gasteiger partial charge in [0.25, 0.3) is 5.56 Å². The summed E-state index contributed by atoms with van der Waals surface area (Å²) >= 11 is 0. The quantitative estimate of drug-likeness (QED) is 0.668. The molecule has 0 spiro atoms. The molecule has 1 saturated heterocycles. The second-order valence-electron chi connectivity index (χ2n) is 6.02. The summed E-state index contributed by atoms with van der Waals surface area (Å²) in [4.78, 5) is 39.1. The zero-order chi connectivity index (χ0) is 18.1. The van der Waals surface area contributed by atoms with Crippen LogP contribution in [-0.4, -0.2) is 55.5 Å². The fourth-order valence-corrected chi connectivity index (χ4v) is 2.93. The molecule has 4 rings (SSSR count). The molecule has 26 heavy (non-hydrogen) atoms. The highest BCUT2D eigenvalue weighted by atomic mass is 16.2. The fourth-order valence-electron chi connectivity index (χ4n) is 2.93. The summed E-state index contributed by atoms with van der Waals surface area (Å²) < 4.78 is 2.74. The summed E-state index contributed by atoms with van der Waals surface area (Å²) in [5.41, 5.74) is -0.722. The molecule has 0 aromatic carbocycles. The van der Waals surface area contributed by atoms with E-state index in [9.17, 15) is 9.59 Å². The first kappa shape index (κ1) is 16.1. The van der Waals surface area contributed by atoms with Crippen molar-refractivity contribution in [1.29, 1.82) is 0 Å². The Morgan fingerprint density at radius 2 is 1.73 bits per heavy atom. The average Bonchev–Trinajstić information content (AvgIpc) is 3.21. The summed E-state index contributed by atoms with van der Waals surface area (Å²) in [6.45, 7) is 2.77. The van der Waals surface area contributed by atoms with Gasteiger partial charge in [-0.1, -0.05) is 0 Å². The minimum absolute atomic E-state index is 0.314. The lowest BCUT2D eigenvalue weighted by Crippen LogP contribution is -2.48. The summed E-state index contributed by atoms with van der Waals surface area (Å²) in [6.07, 6.45) is 5.05. The van der Waals surface area contributed by atoms with Crippen molar-refractivity contribution in [3.05, 3.63) is 57.8 Å². The molecular formula is C16H18N8O2. The number of piperazine rings is 1. The van der Waals surface area contributed by atoms with E-state index in [2.05, 4.69) is 25.0 Å². The van der Waals surface area contributed by atoms with Crippen LogP contribution >= 0.6 is 0 Å². The first-order valence-electron chi connectivity index (χ1n) is 8.24. The molecule has 1 aliphatic heterocycles. The van der Waals surface area contributed by atoms with Crippen molar-refractivity contribution < 1.29 is 0 Å².